The van der Waals surface area contributed by atoms with Gasteiger partial charge in [-0.3, -0.25) is 9.59 Å². The Kier molecular flexibility index (Phi) is 2.65. The van der Waals surface area contributed by atoms with E-state index in [4.69, 9.17) is 0 Å². The van der Waals surface area contributed by atoms with Crippen molar-refractivity contribution in [1.82, 2.24) is 10.6 Å². The molecule has 1 aliphatic heterocycles. The average molecular weight is 212 g/mol. The molecule has 2 aliphatic rings. The van der Waals surface area contributed by atoms with Crippen LogP contribution in [0.1, 0.15) is 25.7 Å². The minimum Gasteiger partial charge on any atom is -0.388 e. The minimum absolute atomic E-state index is 0.0718. The van der Waals surface area contributed by atoms with Gasteiger partial charge in [-0.2, -0.15) is 0 Å². The molecule has 0 aromatic heterocycles. The number of hydrogen-bond acceptors (Lipinski definition) is 3. The van der Waals surface area contributed by atoms with E-state index in [0.717, 1.165) is 19.3 Å². The third-order valence-electron chi connectivity index (χ3n) is 3.22. The van der Waals surface area contributed by atoms with Crippen molar-refractivity contribution in [3.8, 4) is 0 Å². The van der Waals surface area contributed by atoms with E-state index < -0.39 is 5.60 Å². The van der Waals surface area contributed by atoms with Gasteiger partial charge < -0.3 is 15.7 Å². The van der Waals surface area contributed by atoms with E-state index in [2.05, 4.69) is 10.6 Å². The topological polar surface area (TPSA) is 78.4 Å². The van der Waals surface area contributed by atoms with Crippen LogP contribution in [0, 0.1) is 5.92 Å². The number of amides is 2. The van der Waals surface area contributed by atoms with Crippen molar-refractivity contribution < 1.29 is 14.7 Å². The van der Waals surface area contributed by atoms with Crippen LogP contribution in [0.5, 0.6) is 0 Å². The predicted octanol–water partition coefficient (Wildman–Crippen LogP) is -0.846. The standard InChI is InChI=1S/C10H16N2O3/c13-8-4-7(5-11-8)9(14)12-6-10(15)2-1-3-10/h7,15H,1-6H2,(H,11,13)(H,12,14). The third kappa shape index (κ3) is 2.28. The van der Waals surface area contributed by atoms with Crippen LogP contribution in [0.4, 0.5) is 0 Å². The van der Waals surface area contributed by atoms with E-state index in [1.54, 1.807) is 0 Å². The van der Waals surface area contributed by atoms with E-state index in [-0.39, 0.29) is 24.2 Å². The van der Waals surface area contributed by atoms with Crippen LogP contribution in [0.25, 0.3) is 0 Å². The van der Waals surface area contributed by atoms with Crippen molar-refractivity contribution in [3.05, 3.63) is 0 Å². The first-order chi connectivity index (χ1) is 7.09. The Morgan fingerprint density at radius 1 is 1.60 bits per heavy atom. The van der Waals surface area contributed by atoms with E-state index >= 15 is 0 Å². The number of nitrogens with one attached hydrogen (secondary N) is 2. The van der Waals surface area contributed by atoms with Gasteiger partial charge in [-0.15, -0.1) is 0 Å². The fourth-order valence-corrected chi connectivity index (χ4v) is 1.95. The van der Waals surface area contributed by atoms with E-state index in [1.165, 1.54) is 0 Å². The highest BCUT2D eigenvalue weighted by molar-refractivity contribution is 5.89. The summed E-state index contributed by atoms with van der Waals surface area (Å²) in [5, 5.41) is 15.1. The zero-order valence-electron chi connectivity index (χ0n) is 8.58. The second-order valence-corrected chi connectivity index (χ2v) is 4.50. The van der Waals surface area contributed by atoms with Gasteiger partial charge >= 0.3 is 0 Å². The first-order valence-corrected chi connectivity index (χ1v) is 5.36. The lowest BCUT2D eigenvalue weighted by Gasteiger charge is -2.36. The fraction of sp³-hybridized carbons (Fsp3) is 0.800. The van der Waals surface area contributed by atoms with Gasteiger partial charge in [0.1, 0.15) is 0 Å². The summed E-state index contributed by atoms with van der Waals surface area (Å²) in [4.78, 5) is 22.4. The largest absolute Gasteiger partial charge is 0.388 e. The second kappa shape index (κ2) is 3.81. The molecule has 1 unspecified atom stereocenters. The van der Waals surface area contributed by atoms with Gasteiger partial charge in [0.25, 0.3) is 0 Å². The molecule has 2 amide bonds. The van der Waals surface area contributed by atoms with E-state index in [9.17, 15) is 14.7 Å². The summed E-state index contributed by atoms with van der Waals surface area (Å²) in [5.41, 5.74) is -0.689. The molecule has 15 heavy (non-hydrogen) atoms. The molecule has 5 nitrogen and oxygen atoms in total. The van der Waals surface area contributed by atoms with Crippen LogP contribution in [0.3, 0.4) is 0 Å². The molecule has 1 heterocycles. The highest BCUT2D eigenvalue weighted by atomic mass is 16.3. The van der Waals surface area contributed by atoms with Gasteiger partial charge in [0.15, 0.2) is 0 Å². The molecule has 1 saturated carbocycles. The van der Waals surface area contributed by atoms with E-state index in [1.807, 2.05) is 0 Å². The Morgan fingerprint density at radius 2 is 2.33 bits per heavy atom. The van der Waals surface area contributed by atoms with Crippen molar-refractivity contribution in [2.45, 2.75) is 31.3 Å². The summed E-state index contributed by atoms with van der Waals surface area (Å²) in [7, 11) is 0. The minimum atomic E-state index is -0.689. The molecule has 2 fully saturated rings. The molecular formula is C10H16N2O3. The van der Waals surface area contributed by atoms with Crippen molar-refractivity contribution in [2.24, 2.45) is 5.92 Å². The summed E-state index contributed by atoms with van der Waals surface area (Å²) in [5.74, 6) is -0.465. The summed E-state index contributed by atoms with van der Waals surface area (Å²) >= 11 is 0. The maximum Gasteiger partial charge on any atom is 0.225 e. The second-order valence-electron chi connectivity index (χ2n) is 4.50. The van der Waals surface area contributed by atoms with Crippen molar-refractivity contribution in [1.29, 1.82) is 0 Å². The van der Waals surface area contributed by atoms with Crippen LogP contribution in [-0.4, -0.2) is 35.6 Å². The van der Waals surface area contributed by atoms with Crippen LogP contribution in [-0.2, 0) is 9.59 Å². The number of carbonyl (C=O) groups excluding carboxylic acids is 2. The maximum atomic E-state index is 11.6. The molecule has 1 atom stereocenters. The molecule has 0 aromatic carbocycles. The molecule has 0 aromatic rings. The number of aliphatic hydroxyl groups is 1. The molecule has 0 radical (unpaired) electrons. The number of rotatable bonds is 3. The molecule has 2 rings (SSSR count). The van der Waals surface area contributed by atoms with Gasteiger partial charge in [0, 0.05) is 19.5 Å². The molecule has 3 N–H and O–H groups in total. The van der Waals surface area contributed by atoms with Crippen LogP contribution < -0.4 is 10.6 Å². The van der Waals surface area contributed by atoms with Crippen molar-refractivity contribution in [2.75, 3.05) is 13.1 Å². The van der Waals surface area contributed by atoms with Crippen molar-refractivity contribution in [3.63, 3.8) is 0 Å². The summed E-state index contributed by atoms with van der Waals surface area (Å²) in [6.45, 7) is 0.736. The third-order valence-corrected chi connectivity index (χ3v) is 3.22. The molecule has 5 heteroatoms. The highest BCUT2D eigenvalue weighted by Crippen LogP contribution is 2.30. The van der Waals surface area contributed by atoms with E-state index in [0.29, 0.717) is 13.1 Å². The number of hydrogen-bond donors (Lipinski definition) is 3. The average Bonchev–Trinajstić information content (AvgIpc) is 2.58. The Morgan fingerprint density at radius 3 is 2.80 bits per heavy atom. The first kappa shape index (κ1) is 10.4. The smallest absolute Gasteiger partial charge is 0.225 e. The quantitative estimate of drug-likeness (QED) is 0.570. The Labute approximate surface area is 88.2 Å². The van der Waals surface area contributed by atoms with Crippen LogP contribution in [0.15, 0.2) is 0 Å². The van der Waals surface area contributed by atoms with Gasteiger partial charge in [-0.05, 0) is 19.3 Å². The number of carbonyl (C=O) groups is 2. The molecular weight excluding hydrogens is 196 g/mol. The van der Waals surface area contributed by atoms with Gasteiger partial charge in [0.05, 0.1) is 11.5 Å². The molecule has 84 valence electrons. The summed E-state index contributed by atoms with van der Waals surface area (Å²) < 4.78 is 0. The van der Waals surface area contributed by atoms with Gasteiger partial charge in [-0.25, -0.2) is 0 Å². The van der Waals surface area contributed by atoms with Gasteiger partial charge in [-0.1, -0.05) is 0 Å². The maximum absolute atomic E-state index is 11.6. The Hall–Kier alpha value is -1.10. The molecule has 0 spiro atoms. The first-order valence-electron chi connectivity index (χ1n) is 5.36. The lowest BCUT2D eigenvalue weighted by Crippen LogP contribution is -2.49. The molecule has 1 saturated heterocycles. The van der Waals surface area contributed by atoms with Crippen LogP contribution >= 0.6 is 0 Å². The van der Waals surface area contributed by atoms with Crippen molar-refractivity contribution >= 4 is 11.8 Å². The van der Waals surface area contributed by atoms with Gasteiger partial charge in [0.2, 0.25) is 11.8 Å². The zero-order chi connectivity index (χ0) is 10.9. The predicted molar refractivity (Wildman–Crippen MR) is 52.9 cm³/mol. The van der Waals surface area contributed by atoms with Crippen LogP contribution in [0.2, 0.25) is 0 Å². The molecule has 1 aliphatic carbocycles. The zero-order valence-corrected chi connectivity index (χ0v) is 8.58. The lowest BCUT2D eigenvalue weighted by molar-refractivity contribution is -0.128. The summed E-state index contributed by atoms with van der Waals surface area (Å²) in [6.07, 6.45) is 2.81. The summed E-state index contributed by atoms with van der Waals surface area (Å²) in [6, 6.07) is 0. The normalized spacial score (nSPS) is 28.1. The Balaban J connectivity index is 1.75. The SMILES string of the molecule is O=C1CC(C(=O)NCC2(O)CCC2)CN1. The lowest BCUT2D eigenvalue weighted by atomic mass is 9.80. The highest BCUT2D eigenvalue weighted by Gasteiger charge is 2.36. The molecule has 0 bridgehead atoms. The Bertz CT molecular complexity index is 286. The monoisotopic (exact) mass is 212 g/mol. The fourth-order valence-electron chi connectivity index (χ4n) is 1.95.